The lowest BCUT2D eigenvalue weighted by Gasteiger charge is -2.39. The summed E-state index contributed by atoms with van der Waals surface area (Å²) >= 11 is 0. The van der Waals surface area contributed by atoms with Gasteiger partial charge in [-0.1, -0.05) is 214 Å². The van der Waals surface area contributed by atoms with Gasteiger partial charge in [0.15, 0.2) is 0 Å². The number of aromatic nitrogens is 2. The van der Waals surface area contributed by atoms with E-state index in [0.717, 1.165) is 10.8 Å². The molecule has 582 valence electrons. The summed E-state index contributed by atoms with van der Waals surface area (Å²) in [5.41, 5.74) is -1.35. The topological polar surface area (TPSA) is 255 Å². The molecule has 97 heavy (non-hydrogen) atoms. The van der Waals surface area contributed by atoms with Crippen molar-refractivity contribution < 1.29 is 74.2 Å². The Morgan fingerprint density at radius 3 is 0.856 bits per heavy atom. The molecule has 2 rings (SSSR count). The maximum Gasteiger partial charge on any atom is 0.330 e. The molecule has 0 radical (unpaired) electrons. The first-order chi connectivity index (χ1) is 46.1. The molecular formula is C74H157N6O14P3. The highest BCUT2D eigenvalue weighted by molar-refractivity contribution is 7.64. The lowest BCUT2D eigenvalue weighted by molar-refractivity contribution is -0.929. The SMILES string of the molecule is CCCC[N+](CCCC)(CCCC)CCCC.CCCC[N+](CCCC)(CCCC)CCCC.CCCC[N+](CCCC)(CCCC)CCCC.CCCC[N+](CCCC)(CCCC)CCCC.Cc1cn([C@H]2C[C@H](O)[C@@H](COP(=O)([O-])OP(=O)([O-])OP(=O)([O-])[O-])O2)c(=O)[nH]c1=O. The van der Waals surface area contributed by atoms with E-state index in [1.807, 2.05) is 4.98 Å². The number of aliphatic hydroxyl groups excluding tert-OH is 1. The van der Waals surface area contributed by atoms with E-state index in [2.05, 4.69) is 124 Å². The minimum atomic E-state index is -6.12. The van der Waals surface area contributed by atoms with Gasteiger partial charge in [-0.2, -0.15) is 0 Å². The van der Waals surface area contributed by atoms with Crippen LogP contribution in [0.2, 0.25) is 0 Å². The standard InChI is InChI=1S/4C16H36N.C10H17N2O14P3/c4*1-5-9-13-17(14-10-6-2,15-11-7-3)16-12-8-4;1-5-3-12(10(15)11-9(5)14)8-2-6(13)7(24-8)4-23-28(19,20)26-29(21,22)25-27(16,17)18/h4*5-16H2,1-4H3;3,6-8,13H,2,4H2,1H3,(H,19,20)(H,21,22)(H,11,14,15)(H2,16,17,18)/q4*+1;/p-4/t;;;;6-,7+,8+/m....0/s1. The van der Waals surface area contributed by atoms with Gasteiger partial charge in [0.25, 0.3) is 21.2 Å². The van der Waals surface area contributed by atoms with Gasteiger partial charge in [-0.05, 0) is 110 Å². The zero-order valence-corrected chi connectivity index (χ0v) is 68.7. The van der Waals surface area contributed by atoms with Gasteiger partial charge in [-0.3, -0.25) is 27.8 Å². The number of aromatic amines is 1. The van der Waals surface area contributed by atoms with Crippen molar-refractivity contribution in [2.24, 2.45) is 0 Å². The van der Waals surface area contributed by atoms with Crippen LogP contribution in [-0.4, -0.2) is 156 Å². The molecule has 1 aromatic rings. The van der Waals surface area contributed by atoms with Crippen molar-refractivity contribution in [3.63, 3.8) is 0 Å². The first kappa shape index (κ1) is 100. The largest absolute Gasteiger partial charge is 0.790 e. The number of hydrogen-bond donors (Lipinski definition) is 2. The van der Waals surface area contributed by atoms with E-state index >= 15 is 0 Å². The van der Waals surface area contributed by atoms with Crippen molar-refractivity contribution in [2.75, 3.05) is 111 Å². The fraction of sp³-hybridized carbons (Fsp3) is 0.946. The Morgan fingerprint density at radius 1 is 0.423 bits per heavy atom. The minimum Gasteiger partial charge on any atom is -0.790 e. The molecule has 1 aromatic heterocycles. The maximum absolute atomic E-state index is 11.8. The number of nitrogens with zero attached hydrogens (tertiary/aromatic N) is 5. The van der Waals surface area contributed by atoms with Crippen LogP contribution in [0.3, 0.4) is 0 Å². The molecule has 1 aliphatic rings. The van der Waals surface area contributed by atoms with Crippen LogP contribution in [-0.2, 0) is 31.6 Å². The van der Waals surface area contributed by atoms with E-state index in [1.165, 1.54) is 335 Å². The summed E-state index contributed by atoms with van der Waals surface area (Å²) in [4.78, 5) is 68.3. The summed E-state index contributed by atoms with van der Waals surface area (Å²) in [5.74, 6) is 0. The molecule has 0 aliphatic carbocycles. The number of unbranched alkanes of at least 4 members (excludes halogenated alkanes) is 16. The molecule has 0 spiro atoms. The van der Waals surface area contributed by atoms with Crippen molar-refractivity contribution in [3.8, 4) is 0 Å². The molecule has 1 fully saturated rings. The molecule has 0 aromatic carbocycles. The van der Waals surface area contributed by atoms with E-state index in [9.17, 15) is 48.0 Å². The Morgan fingerprint density at radius 2 is 0.649 bits per heavy atom. The second-order valence-electron chi connectivity index (χ2n) is 28.3. The predicted molar refractivity (Wildman–Crippen MR) is 399 cm³/mol. The normalized spacial score (nSPS) is 16.4. The van der Waals surface area contributed by atoms with Crippen LogP contribution in [0, 0.1) is 6.92 Å². The molecule has 20 nitrogen and oxygen atoms in total. The number of rotatable bonds is 56. The molecule has 5 atom stereocenters. The number of aryl methyl sites for hydroxylation is 1. The molecule has 2 heterocycles. The van der Waals surface area contributed by atoms with Crippen LogP contribution in [0.25, 0.3) is 0 Å². The first-order valence-corrected chi connectivity index (χ1v) is 44.2. The number of phosphoric ester groups is 1. The molecule has 0 saturated carbocycles. The van der Waals surface area contributed by atoms with E-state index in [0.29, 0.717) is 0 Å². The van der Waals surface area contributed by atoms with E-state index < -0.39 is 59.8 Å². The summed E-state index contributed by atoms with van der Waals surface area (Å²) in [6.45, 7) is 60.5. The molecule has 1 aliphatic heterocycles. The van der Waals surface area contributed by atoms with Gasteiger partial charge in [-0.25, -0.2) is 9.11 Å². The Labute approximate surface area is 596 Å². The van der Waals surface area contributed by atoms with E-state index in [4.69, 9.17) is 4.74 Å². The number of hydrogen-bond acceptors (Lipinski definition) is 14. The number of phosphoric acid groups is 3. The van der Waals surface area contributed by atoms with E-state index in [-0.39, 0.29) is 12.0 Å². The Balaban J connectivity index is -0.00000117. The summed E-state index contributed by atoms with van der Waals surface area (Å²) in [7, 11) is -18.0. The van der Waals surface area contributed by atoms with Gasteiger partial charge < -0.3 is 56.4 Å². The number of ether oxygens (including phenoxy) is 1. The monoisotopic (exact) mass is 1450 g/mol. The van der Waals surface area contributed by atoms with Crippen molar-refractivity contribution >= 4 is 23.5 Å². The zero-order chi connectivity index (χ0) is 74.1. The van der Waals surface area contributed by atoms with Crippen molar-refractivity contribution in [1.29, 1.82) is 0 Å². The highest BCUT2D eigenvalue weighted by Gasteiger charge is 2.37. The molecule has 2 unspecified atom stereocenters. The average Bonchev–Trinajstić information content (AvgIpc) is 1.74. The zero-order valence-electron chi connectivity index (χ0n) is 66.0. The van der Waals surface area contributed by atoms with Gasteiger partial charge in [0.1, 0.15) is 12.3 Å². The van der Waals surface area contributed by atoms with Crippen LogP contribution in [0.4, 0.5) is 0 Å². The second kappa shape index (κ2) is 60.2. The smallest absolute Gasteiger partial charge is 0.330 e. The number of nitrogens with one attached hydrogen (secondary N) is 1. The Hall–Kier alpha value is -1.15. The lowest BCUT2D eigenvalue weighted by Crippen LogP contribution is -2.50. The third kappa shape index (κ3) is 49.3. The highest BCUT2D eigenvalue weighted by atomic mass is 31.3. The summed E-state index contributed by atoms with van der Waals surface area (Å²) in [5, 5.41) is 9.93. The third-order valence-corrected chi connectivity index (χ3v) is 22.9. The van der Waals surface area contributed by atoms with Crippen LogP contribution in [0.1, 0.15) is 334 Å². The van der Waals surface area contributed by atoms with Gasteiger partial charge in [0.05, 0.1) is 125 Å². The van der Waals surface area contributed by atoms with Gasteiger partial charge in [0, 0.05) is 18.2 Å². The Kier molecular flexibility index (Phi) is 62.0. The molecule has 23 heteroatoms. The predicted octanol–water partition coefficient (Wildman–Crippen LogP) is 16.3. The molecule has 0 amide bonds. The van der Waals surface area contributed by atoms with Gasteiger partial charge >= 0.3 is 5.69 Å². The minimum absolute atomic E-state index is 0.153. The summed E-state index contributed by atoms with van der Waals surface area (Å²) in [6.07, 6.45) is 41.3. The van der Waals surface area contributed by atoms with Crippen molar-refractivity contribution in [3.05, 3.63) is 32.6 Å². The van der Waals surface area contributed by atoms with Crippen LogP contribution in [0.5, 0.6) is 0 Å². The number of aliphatic hydroxyl groups is 1. The van der Waals surface area contributed by atoms with Gasteiger partial charge in [-0.15, -0.1) is 0 Å². The molecule has 1 saturated heterocycles. The first-order valence-electron chi connectivity index (χ1n) is 39.8. The van der Waals surface area contributed by atoms with Crippen LogP contribution in [0.15, 0.2) is 15.8 Å². The highest BCUT2D eigenvalue weighted by Crippen LogP contribution is 2.60. The summed E-state index contributed by atoms with van der Waals surface area (Å²) < 4.78 is 55.3. The lowest BCUT2D eigenvalue weighted by atomic mass is 10.1. The Bertz CT molecular complexity index is 1960. The molecule has 2 N–H and O–H groups in total. The fourth-order valence-corrected chi connectivity index (χ4v) is 15.7. The number of H-pyrrole nitrogens is 1. The maximum atomic E-state index is 11.8. The van der Waals surface area contributed by atoms with Crippen LogP contribution >= 0.6 is 23.5 Å². The van der Waals surface area contributed by atoms with Gasteiger partial charge in [0.2, 0.25) is 0 Å². The molecule has 0 bridgehead atoms. The quantitative estimate of drug-likeness (QED) is 0.0454. The second-order valence-corrected chi connectivity index (χ2v) is 32.6. The summed E-state index contributed by atoms with van der Waals surface area (Å²) in [6, 6.07) is 0. The third-order valence-electron chi connectivity index (χ3n) is 19.2. The average molecular weight is 1450 g/mol. The number of quaternary nitrogens is 4. The molecular weight excluding hydrogens is 1290 g/mol. The fourth-order valence-electron chi connectivity index (χ4n) is 12.9. The van der Waals surface area contributed by atoms with Crippen molar-refractivity contribution in [2.45, 2.75) is 348 Å². The van der Waals surface area contributed by atoms with E-state index in [1.54, 1.807) is 0 Å². The van der Waals surface area contributed by atoms with Crippen LogP contribution < -0.4 is 30.8 Å². The van der Waals surface area contributed by atoms with Crippen molar-refractivity contribution in [1.82, 2.24) is 9.55 Å².